The fourth-order valence-corrected chi connectivity index (χ4v) is 3.43. The van der Waals surface area contributed by atoms with Crippen molar-refractivity contribution in [1.82, 2.24) is 15.0 Å². The Morgan fingerprint density at radius 1 is 0.933 bits per heavy atom. The van der Waals surface area contributed by atoms with Crippen LogP contribution in [0.3, 0.4) is 0 Å². The first-order valence-electron chi connectivity index (χ1n) is 9.21. The van der Waals surface area contributed by atoms with Crippen LogP contribution < -0.4 is 11.5 Å². The minimum Gasteiger partial charge on any atom is -0.505 e. The third kappa shape index (κ3) is 3.46. The maximum atomic E-state index is 11.9. The molecule has 8 nitrogen and oxygen atoms in total. The molecule has 150 valence electrons. The smallest absolute Gasteiger partial charge is 0.248 e. The molecule has 0 bridgehead atoms. The lowest BCUT2D eigenvalue weighted by molar-refractivity contribution is 0.0987. The van der Waals surface area contributed by atoms with Gasteiger partial charge < -0.3 is 16.6 Å². The van der Waals surface area contributed by atoms with Gasteiger partial charge in [0.1, 0.15) is 22.5 Å². The predicted molar refractivity (Wildman–Crippen MR) is 112 cm³/mol. The molecule has 0 radical (unpaired) electrons. The van der Waals surface area contributed by atoms with E-state index in [2.05, 4.69) is 10.2 Å². The van der Waals surface area contributed by atoms with E-state index in [9.17, 15) is 14.7 Å². The van der Waals surface area contributed by atoms with Crippen LogP contribution in [0.5, 0.6) is 5.75 Å². The minimum atomic E-state index is -0.631. The number of hydrogen-bond donors (Lipinski definition) is 3. The van der Waals surface area contributed by atoms with Crippen LogP contribution >= 0.6 is 0 Å². The van der Waals surface area contributed by atoms with E-state index in [0.29, 0.717) is 27.8 Å². The number of amides is 2. The van der Waals surface area contributed by atoms with Crippen molar-refractivity contribution in [2.45, 2.75) is 13.3 Å². The van der Waals surface area contributed by atoms with Gasteiger partial charge in [-0.05, 0) is 54.4 Å². The van der Waals surface area contributed by atoms with E-state index in [-0.39, 0.29) is 23.3 Å². The second kappa shape index (κ2) is 7.32. The molecule has 4 aromatic rings. The average molecular weight is 401 g/mol. The summed E-state index contributed by atoms with van der Waals surface area (Å²) in [6.45, 7) is 1.88. The SMILES string of the molecule is Cc1cc(Cc2cc(C(N)=O)ccc2C(N)=O)c(O)c(-n2nc3ccccc3n2)c1. The van der Waals surface area contributed by atoms with Gasteiger partial charge in [-0.15, -0.1) is 15.0 Å². The number of hydrogen-bond acceptors (Lipinski definition) is 5. The second-order valence-electron chi connectivity index (χ2n) is 7.05. The summed E-state index contributed by atoms with van der Waals surface area (Å²) >= 11 is 0. The lowest BCUT2D eigenvalue weighted by Crippen LogP contribution is -2.17. The number of aromatic hydroxyl groups is 1. The lowest BCUT2D eigenvalue weighted by atomic mass is 9.95. The van der Waals surface area contributed by atoms with Crippen LogP contribution in [0.15, 0.2) is 54.6 Å². The van der Waals surface area contributed by atoms with E-state index in [0.717, 1.165) is 5.56 Å². The van der Waals surface area contributed by atoms with Crippen molar-refractivity contribution in [2.24, 2.45) is 11.5 Å². The Morgan fingerprint density at radius 2 is 1.60 bits per heavy atom. The number of aromatic nitrogens is 3. The van der Waals surface area contributed by atoms with Gasteiger partial charge in [-0.25, -0.2) is 0 Å². The van der Waals surface area contributed by atoms with Gasteiger partial charge in [0, 0.05) is 23.1 Å². The molecule has 2 amide bonds. The molecular formula is C22H19N5O3. The molecule has 0 aliphatic heterocycles. The van der Waals surface area contributed by atoms with E-state index in [1.54, 1.807) is 12.1 Å². The van der Waals surface area contributed by atoms with Gasteiger partial charge in [-0.3, -0.25) is 9.59 Å². The predicted octanol–water partition coefficient (Wildman–Crippen LogP) is 2.22. The number of aryl methyl sites for hydroxylation is 1. The Labute approximate surface area is 171 Å². The Morgan fingerprint density at radius 3 is 2.20 bits per heavy atom. The summed E-state index contributed by atoms with van der Waals surface area (Å²) in [6, 6.07) is 15.4. The average Bonchev–Trinajstić information content (AvgIpc) is 3.14. The summed E-state index contributed by atoms with van der Waals surface area (Å²) in [5.74, 6) is -1.27. The Balaban J connectivity index is 1.82. The first-order valence-corrected chi connectivity index (χ1v) is 9.21. The van der Waals surface area contributed by atoms with Gasteiger partial charge in [0.25, 0.3) is 0 Å². The van der Waals surface area contributed by atoms with Gasteiger partial charge in [0.05, 0.1) is 0 Å². The summed E-state index contributed by atoms with van der Waals surface area (Å²) < 4.78 is 0. The first kappa shape index (κ1) is 19.1. The van der Waals surface area contributed by atoms with Crippen molar-refractivity contribution in [2.75, 3.05) is 0 Å². The highest BCUT2D eigenvalue weighted by Crippen LogP contribution is 2.30. The number of phenols is 1. The highest BCUT2D eigenvalue weighted by molar-refractivity contribution is 5.98. The molecule has 0 saturated heterocycles. The van der Waals surface area contributed by atoms with Crippen LogP contribution in [0.2, 0.25) is 0 Å². The molecule has 5 N–H and O–H groups in total. The third-order valence-corrected chi connectivity index (χ3v) is 4.85. The summed E-state index contributed by atoms with van der Waals surface area (Å²) in [6.07, 6.45) is 0.167. The molecule has 0 aliphatic rings. The van der Waals surface area contributed by atoms with Crippen molar-refractivity contribution < 1.29 is 14.7 Å². The van der Waals surface area contributed by atoms with Crippen molar-refractivity contribution in [3.8, 4) is 11.4 Å². The normalized spacial score (nSPS) is 11.0. The maximum Gasteiger partial charge on any atom is 0.248 e. The second-order valence-corrected chi connectivity index (χ2v) is 7.05. The number of nitrogens with zero attached hydrogens (tertiary/aromatic N) is 3. The number of primary amides is 2. The van der Waals surface area contributed by atoms with Crippen molar-refractivity contribution >= 4 is 22.8 Å². The number of benzene rings is 3. The number of carbonyl (C=O) groups excluding carboxylic acids is 2. The van der Waals surface area contributed by atoms with E-state index < -0.39 is 11.8 Å². The Kier molecular flexibility index (Phi) is 4.67. The monoisotopic (exact) mass is 401 g/mol. The molecule has 4 rings (SSSR count). The summed E-state index contributed by atoms with van der Waals surface area (Å²) in [4.78, 5) is 24.8. The first-order chi connectivity index (χ1) is 14.3. The van der Waals surface area contributed by atoms with Crippen LogP contribution in [-0.2, 0) is 6.42 Å². The van der Waals surface area contributed by atoms with Gasteiger partial charge >= 0.3 is 0 Å². The van der Waals surface area contributed by atoms with Crippen molar-refractivity contribution in [1.29, 1.82) is 0 Å². The van der Waals surface area contributed by atoms with E-state index in [4.69, 9.17) is 11.5 Å². The number of nitrogens with two attached hydrogens (primary N) is 2. The Bertz CT molecular complexity index is 1280. The molecule has 30 heavy (non-hydrogen) atoms. The number of phenolic OH excluding ortho intramolecular Hbond substituents is 1. The highest BCUT2D eigenvalue weighted by atomic mass is 16.3. The number of fused-ring (bicyclic) bond motifs is 1. The van der Waals surface area contributed by atoms with Crippen molar-refractivity contribution in [3.05, 3.63) is 82.4 Å². The quantitative estimate of drug-likeness (QED) is 0.471. The Hall–Kier alpha value is -4.20. The molecule has 0 saturated carbocycles. The minimum absolute atomic E-state index is 0.0270. The maximum absolute atomic E-state index is 11.9. The van der Waals surface area contributed by atoms with Gasteiger partial charge in [-0.2, -0.15) is 0 Å². The molecule has 0 atom stereocenters. The van der Waals surface area contributed by atoms with Gasteiger partial charge in [0.2, 0.25) is 11.8 Å². The zero-order valence-electron chi connectivity index (χ0n) is 16.2. The van der Waals surface area contributed by atoms with Gasteiger partial charge in [-0.1, -0.05) is 18.2 Å². The zero-order chi connectivity index (χ0) is 21.4. The van der Waals surface area contributed by atoms with Crippen LogP contribution in [0.1, 0.15) is 37.4 Å². The molecule has 0 unspecified atom stereocenters. The molecular weight excluding hydrogens is 382 g/mol. The highest BCUT2D eigenvalue weighted by Gasteiger charge is 2.17. The summed E-state index contributed by atoms with van der Waals surface area (Å²) in [5.41, 5.74) is 15.1. The fourth-order valence-electron chi connectivity index (χ4n) is 3.43. The molecule has 0 fully saturated rings. The summed E-state index contributed by atoms with van der Waals surface area (Å²) in [5, 5.41) is 19.8. The topological polar surface area (TPSA) is 137 Å². The lowest BCUT2D eigenvalue weighted by Gasteiger charge is -2.13. The fraction of sp³-hybridized carbons (Fsp3) is 0.0909. The molecule has 0 spiro atoms. The van der Waals surface area contributed by atoms with Crippen LogP contribution in [0.25, 0.3) is 16.7 Å². The standard InChI is InChI=1S/C22H19N5O3/c1-12-8-15(11-14-10-13(21(23)29)6-7-16(14)22(24)30)20(28)19(9-12)27-25-17-4-2-3-5-18(17)26-27/h2-10,28H,11H2,1H3,(H2,23,29)(H2,24,30). The summed E-state index contributed by atoms with van der Waals surface area (Å²) in [7, 11) is 0. The molecule has 1 aromatic heterocycles. The zero-order valence-corrected chi connectivity index (χ0v) is 16.2. The van der Waals surface area contributed by atoms with Crippen LogP contribution in [0.4, 0.5) is 0 Å². The van der Waals surface area contributed by atoms with Crippen LogP contribution in [0, 0.1) is 6.92 Å². The molecule has 8 heteroatoms. The number of rotatable bonds is 5. The van der Waals surface area contributed by atoms with E-state index >= 15 is 0 Å². The number of carbonyl (C=O) groups is 2. The van der Waals surface area contributed by atoms with E-state index in [1.165, 1.54) is 23.0 Å². The van der Waals surface area contributed by atoms with Gasteiger partial charge in [0.15, 0.2) is 0 Å². The molecule has 3 aromatic carbocycles. The third-order valence-electron chi connectivity index (χ3n) is 4.85. The molecule has 1 heterocycles. The largest absolute Gasteiger partial charge is 0.505 e. The van der Waals surface area contributed by atoms with E-state index in [1.807, 2.05) is 31.2 Å². The van der Waals surface area contributed by atoms with Crippen LogP contribution in [-0.4, -0.2) is 31.9 Å². The van der Waals surface area contributed by atoms with Crippen molar-refractivity contribution in [3.63, 3.8) is 0 Å². The molecule has 0 aliphatic carbocycles.